The highest BCUT2D eigenvalue weighted by Crippen LogP contribution is 2.36. The molecule has 0 unspecified atom stereocenters. The molecule has 1 rings (SSSR count). The van der Waals surface area contributed by atoms with Gasteiger partial charge in [-0.15, -0.1) is 11.3 Å². The first-order valence-corrected chi connectivity index (χ1v) is 8.52. The molecule has 0 saturated heterocycles. The number of hydrogen-bond donors (Lipinski definition) is 0. The molecule has 78 valence electrons. The smallest absolute Gasteiger partial charge is 0.161 e. The fourth-order valence-electron chi connectivity index (χ4n) is 0.951. The standard InChI is InChI=1S/C10H17NOSSi/c1-10(2,3)14(4,5)9-11-6-8(7-12)13-9/h6-7H,1-5H3. The van der Waals surface area contributed by atoms with Crippen molar-refractivity contribution in [3.05, 3.63) is 11.1 Å². The normalized spacial score (nSPS) is 12.9. The SMILES string of the molecule is CC(C)(C)[Si](C)(C)c1ncc(C=O)s1. The van der Waals surface area contributed by atoms with Crippen molar-refractivity contribution in [3.63, 3.8) is 0 Å². The van der Waals surface area contributed by atoms with Gasteiger partial charge in [-0.2, -0.15) is 0 Å². The Morgan fingerprint density at radius 1 is 1.43 bits per heavy atom. The molecule has 0 spiro atoms. The van der Waals surface area contributed by atoms with Crippen LogP contribution in [0.4, 0.5) is 0 Å². The number of nitrogens with zero attached hydrogens (tertiary/aromatic N) is 1. The lowest BCUT2D eigenvalue weighted by Crippen LogP contribution is -2.49. The molecule has 0 amide bonds. The van der Waals surface area contributed by atoms with Crippen molar-refractivity contribution in [2.75, 3.05) is 0 Å². The van der Waals surface area contributed by atoms with E-state index >= 15 is 0 Å². The van der Waals surface area contributed by atoms with E-state index in [1.165, 1.54) is 4.63 Å². The Morgan fingerprint density at radius 3 is 2.36 bits per heavy atom. The van der Waals surface area contributed by atoms with Crippen LogP contribution in [0, 0.1) is 0 Å². The Labute approximate surface area is 90.4 Å². The molecule has 0 aliphatic heterocycles. The molecule has 1 aromatic rings. The summed E-state index contributed by atoms with van der Waals surface area (Å²) in [6.07, 6.45) is 2.57. The lowest BCUT2D eigenvalue weighted by molar-refractivity contribution is 0.112. The van der Waals surface area contributed by atoms with Crippen LogP contribution in [-0.2, 0) is 0 Å². The molecular formula is C10H17NOSSi. The second-order valence-electron chi connectivity index (χ2n) is 5.06. The van der Waals surface area contributed by atoms with Crippen molar-refractivity contribution in [1.29, 1.82) is 0 Å². The first kappa shape index (κ1) is 11.6. The molecule has 0 atom stereocenters. The van der Waals surface area contributed by atoms with Crippen molar-refractivity contribution in [2.45, 2.75) is 38.9 Å². The highest BCUT2D eigenvalue weighted by atomic mass is 32.1. The van der Waals surface area contributed by atoms with Gasteiger partial charge in [-0.25, -0.2) is 0 Å². The molecular weight excluding hydrogens is 210 g/mol. The lowest BCUT2D eigenvalue weighted by atomic mass is 10.2. The van der Waals surface area contributed by atoms with Gasteiger partial charge in [0, 0.05) is 6.20 Å². The molecule has 0 aliphatic carbocycles. The molecule has 0 aliphatic rings. The minimum absolute atomic E-state index is 0.283. The molecule has 1 aromatic heterocycles. The van der Waals surface area contributed by atoms with E-state index in [1.807, 2.05) is 0 Å². The van der Waals surface area contributed by atoms with Gasteiger partial charge >= 0.3 is 0 Å². The maximum atomic E-state index is 10.6. The van der Waals surface area contributed by atoms with Crippen molar-refractivity contribution < 1.29 is 4.79 Å². The van der Waals surface area contributed by atoms with E-state index in [0.29, 0.717) is 0 Å². The molecule has 2 nitrogen and oxygen atoms in total. The second-order valence-corrected chi connectivity index (χ2v) is 11.7. The van der Waals surface area contributed by atoms with E-state index in [9.17, 15) is 4.79 Å². The number of hydrogen-bond acceptors (Lipinski definition) is 3. The number of aldehydes is 1. The van der Waals surface area contributed by atoms with E-state index < -0.39 is 8.07 Å². The summed E-state index contributed by atoms with van der Waals surface area (Å²) in [6, 6.07) is 0. The molecule has 0 N–H and O–H groups in total. The first-order valence-electron chi connectivity index (χ1n) is 4.70. The van der Waals surface area contributed by atoms with Crippen LogP contribution >= 0.6 is 11.3 Å². The lowest BCUT2D eigenvalue weighted by Gasteiger charge is -2.34. The highest BCUT2D eigenvalue weighted by Gasteiger charge is 2.39. The molecule has 0 bridgehead atoms. The van der Waals surface area contributed by atoms with E-state index in [4.69, 9.17) is 0 Å². The zero-order valence-electron chi connectivity index (χ0n) is 9.42. The average Bonchev–Trinajstić information content (AvgIpc) is 2.49. The third-order valence-electron chi connectivity index (χ3n) is 3.05. The van der Waals surface area contributed by atoms with Gasteiger partial charge in [-0.3, -0.25) is 9.78 Å². The molecule has 4 heteroatoms. The summed E-state index contributed by atoms with van der Waals surface area (Å²) in [5.41, 5.74) is 0. The molecule has 0 aromatic carbocycles. The van der Waals surface area contributed by atoms with Crippen molar-refractivity contribution in [3.8, 4) is 0 Å². The maximum Gasteiger partial charge on any atom is 0.161 e. The number of carbonyl (C=O) groups excluding carboxylic acids is 1. The van der Waals surface area contributed by atoms with Crippen LogP contribution in [0.1, 0.15) is 30.4 Å². The van der Waals surface area contributed by atoms with Gasteiger partial charge in [0.2, 0.25) is 0 Å². The van der Waals surface area contributed by atoms with Crippen LogP contribution in [0.5, 0.6) is 0 Å². The Morgan fingerprint density at radius 2 is 2.00 bits per heavy atom. The monoisotopic (exact) mass is 227 g/mol. The Balaban J connectivity index is 3.09. The summed E-state index contributed by atoms with van der Waals surface area (Å²) in [5, 5.41) is 0.283. The number of carbonyl (C=O) groups is 1. The third-order valence-corrected chi connectivity index (χ3v) is 10.6. The minimum atomic E-state index is -1.53. The van der Waals surface area contributed by atoms with Gasteiger partial charge in [0.15, 0.2) is 6.29 Å². The van der Waals surface area contributed by atoms with Crippen molar-refractivity contribution in [1.82, 2.24) is 4.98 Å². The van der Waals surface area contributed by atoms with Crippen LogP contribution in [0.25, 0.3) is 0 Å². The van der Waals surface area contributed by atoms with Crippen LogP contribution < -0.4 is 4.63 Å². The molecule has 0 saturated carbocycles. The average molecular weight is 227 g/mol. The summed E-state index contributed by atoms with van der Waals surface area (Å²) in [7, 11) is -1.53. The fourth-order valence-corrected chi connectivity index (χ4v) is 4.75. The second kappa shape index (κ2) is 3.59. The zero-order valence-corrected chi connectivity index (χ0v) is 11.2. The highest BCUT2D eigenvalue weighted by molar-refractivity contribution is 7.27. The predicted molar refractivity (Wildman–Crippen MR) is 64.3 cm³/mol. The topological polar surface area (TPSA) is 30.0 Å². The summed E-state index contributed by atoms with van der Waals surface area (Å²) >= 11 is 1.55. The Hall–Kier alpha value is -0.483. The van der Waals surface area contributed by atoms with E-state index in [0.717, 1.165) is 11.2 Å². The summed E-state index contributed by atoms with van der Waals surface area (Å²) in [4.78, 5) is 15.7. The maximum absolute atomic E-state index is 10.6. The summed E-state index contributed by atoms with van der Waals surface area (Å²) in [5.74, 6) is 0. The minimum Gasteiger partial charge on any atom is -0.297 e. The Bertz CT molecular complexity index is 338. The van der Waals surface area contributed by atoms with Gasteiger partial charge in [0.1, 0.15) is 8.07 Å². The van der Waals surface area contributed by atoms with Gasteiger partial charge in [-0.05, 0) is 5.04 Å². The summed E-state index contributed by atoms with van der Waals surface area (Å²) < 4.78 is 1.17. The van der Waals surface area contributed by atoms with Crippen LogP contribution in [0.15, 0.2) is 6.20 Å². The van der Waals surface area contributed by atoms with E-state index in [2.05, 4.69) is 38.8 Å². The van der Waals surface area contributed by atoms with Crippen LogP contribution in [-0.4, -0.2) is 19.3 Å². The van der Waals surface area contributed by atoms with Gasteiger partial charge in [0.05, 0.1) is 9.51 Å². The molecule has 0 fully saturated rings. The first-order chi connectivity index (χ1) is 6.29. The number of aromatic nitrogens is 1. The van der Waals surface area contributed by atoms with Gasteiger partial charge in [-0.1, -0.05) is 33.9 Å². The summed E-state index contributed by atoms with van der Waals surface area (Å²) in [6.45, 7) is 11.4. The van der Waals surface area contributed by atoms with Crippen molar-refractivity contribution in [2.24, 2.45) is 0 Å². The fraction of sp³-hybridized carbons (Fsp3) is 0.600. The number of thiazole rings is 1. The van der Waals surface area contributed by atoms with E-state index in [1.54, 1.807) is 17.5 Å². The Kier molecular flexibility index (Phi) is 2.97. The zero-order chi connectivity index (χ0) is 11.0. The van der Waals surface area contributed by atoms with Crippen molar-refractivity contribution >= 4 is 30.3 Å². The quantitative estimate of drug-likeness (QED) is 0.574. The van der Waals surface area contributed by atoms with Crippen LogP contribution in [0.2, 0.25) is 18.1 Å². The third kappa shape index (κ3) is 1.96. The number of rotatable bonds is 2. The molecule has 1 heterocycles. The van der Waals surface area contributed by atoms with Gasteiger partial charge in [0.25, 0.3) is 0 Å². The predicted octanol–water partition coefficient (Wildman–Crippen LogP) is 2.67. The van der Waals surface area contributed by atoms with Crippen LogP contribution in [0.3, 0.4) is 0 Å². The largest absolute Gasteiger partial charge is 0.297 e. The molecule has 0 radical (unpaired) electrons. The van der Waals surface area contributed by atoms with E-state index in [-0.39, 0.29) is 5.04 Å². The molecule has 14 heavy (non-hydrogen) atoms. The van der Waals surface area contributed by atoms with Gasteiger partial charge < -0.3 is 0 Å².